The summed E-state index contributed by atoms with van der Waals surface area (Å²) in [5.74, 6) is 0.210. The molecule has 14 heavy (non-hydrogen) atoms. The number of amides is 1. The molecule has 2 atom stereocenters. The molecule has 1 fully saturated rings. The van der Waals surface area contributed by atoms with Crippen LogP contribution in [0.2, 0.25) is 0 Å². The Morgan fingerprint density at radius 3 is 2.79 bits per heavy atom. The van der Waals surface area contributed by atoms with Gasteiger partial charge < -0.3 is 10.6 Å². The van der Waals surface area contributed by atoms with Crippen molar-refractivity contribution in [3.05, 3.63) is 0 Å². The molecule has 1 aliphatic heterocycles. The molecule has 1 amide bonds. The molecular formula is C10H21N3O. The van der Waals surface area contributed by atoms with Gasteiger partial charge in [0.25, 0.3) is 0 Å². The molecule has 0 aliphatic carbocycles. The molecule has 2 unspecified atom stereocenters. The molecule has 4 nitrogen and oxygen atoms in total. The highest BCUT2D eigenvalue weighted by Crippen LogP contribution is 2.09. The number of hydrogen-bond donors (Lipinski definition) is 1. The molecular weight excluding hydrogens is 178 g/mol. The van der Waals surface area contributed by atoms with Crippen LogP contribution in [0, 0.1) is 0 Å². The van der Waals surface area contributed by atoms with E-state index < -0.39 is 0 Å². The minimum absolute atomic E-state index is 0.00347. The van der Waals surface area contributed by atoms with E-state index in [2.05, 4.69) is 4.90 Å². The number of nitrogens with two attached hydrogens (primary N) is 1. The molecule has 0 aromatic rings. The second kappa shape index (κ2) is 4.75. The number of nitrogens with zero attached hydrogens (tertiary/aromatic N) is 2. The van der Waals surface area contributed by atoms with Crippen LogP contribution in [0.4, 0.5) is 0 Å². The Morgan fingerprint density at radius 1 is 1.57 bits per heavy atom. The lowest BCUT2D eigenvalue weighted by molar-refractivity contribution is -0.134. The Hall–Kier alpha value is -0.610. The van der Waals surface area contributed by atoms with Crippen LogP contribution in [-0.4, -0.2) is 54.5 Å². The predicted octanol–water partition coefficient (Wildman–Crippen LogP) is -0.114. The van der Waals surface area contributed by atoms with Crippen LogP contribution in [0.1, 0.15) is 20.3 Å². The monoisotopic (exact) mass is 199 g/mol. The van der Waals surface area contributed by atoms with E-state index in [1.54, 1.807) is 0 Å². The van der Waals surface area contributed by atoms with Gasteiger partial charge in [0.1, 0.15) is 0 Å². The highest BCUT2D eigenvalue weighted by Gasteiger charge is 2.26. The summed E-state index contributed by atoms with van der Waals surface area (Å²) in [4.78, 5) is 15.9. The molecule has 4 heteroatoms. The maximum Gasteiger partial charge on any atom is 0.239 e. The third-order valence-corrected chi connectivity index (χ3v) is 2.78. The van der Waals surface area contributed by atoms with Gasteiger partial charge in [-0.25, -0.2) is 0 Å². The fraction of sp³-hybridized carbons (Fsp3) is 0.900. The Kier molecular flexibility index (Phi) is 3.89. The van der Waals surface area contributed by atoms with Crippen molar-refractivity contribution in [1.82, 2.24) is 9.80 Å². The average molecular weight is 199 g/mol. The smallest absolute Gasteiger partial charge is 0.239 e. The van der Waals surface area contributed by atoms with Gasteiger partial charge in [0.15, 0.2) is 0 Å². The first-order chi connectivity index (χ1) is 6.52. The van der Waals surface area contributed by atoms with E-state index in [1.807, 2.05) is 25.8 Å². The van der Waals surface area contributed by atoms with Gasteiger partial charge in [-0.05, 0) is 27.3 Å². The van der Waals surface area contributed by atoms with Crippen LogP contribution in [0.5, 0.6) is 0 Å². The Bertz CT molecular complexity index is 206. The van der Waals surface area contributed by atoms with E-state index >= 15 is 0 Å². The Morgan fingerprint density at radius 2 is 2.21 bits per heavy atom. The highest BCUT2D eigenvalue weighted by atomic mass is 16.2. The average Bonchev–Trinajstić information content (AvgIpc) is 2.21. The van der Waals surface area contributed by atoms with Crippen molar-refractivity contribution in [2.45, 2.75) is 32.4 Å². The summed E-state index contributed by atoms with van der Waals surface area (Å²) in [7, 11) is 2.00. The minimum Gasteiger partial charge on any atom is -0.340 e. The first-order valence-corrected chi connectivity index (χ1v) is 5.27. The molecule has 82 valence electrons. The van der Waals surface area contributed by atoms with Gasteiger partial charge in [-0.1, -0.05) is 0 Å². The van der Waals surface area contributed by atoms with Crippen molar-refractivity contribution in [1.29, 1.82) is 0 Å². The van der Waals surface area contributed by atoms with Gasteiger partial charge in [0.05, 0.1) is 6.04 Å². The van der Waals surface area contributed by atoms with Crippen molar-refractivity contribution in [3.63, 3.8) is 0 Å². The zero-order valence-electron chi connectivity index (χ0n) is 9.36. The molecule has 2 N–H and O–H groups in total. The zero-order chi connectivity index (χ0) is 10.7. The van der Waals surface area contributed by atoms with E-state index in [0.29, 0.717) is 6.54 Å². The number of carbonyl (C=O) groups excluding carboxylic acids is 1. The predicted molar refractivity (Wildman–Crippen MR) is 56.9 cm³/mol. The van der Waals surface area contributed by atoms with E-state index in [0.717, 1.165) is 19.5 Å². The van der Waals surface area contributed by atoms with Gasteiger partial charge in [-0.3, -0.25) is 9.69 Å². The van der Waals surface area contributed by atoms with Crippen molar-refractivity contribution in [2.75, 3.05) is 26.7 Å². The van der Waals surface area contributed by atoms with E-state index in [1.165, 1.54) is 0 Å². The fourth-order valence-corrected chi connectivity index (χ4v) is 1.80. The molecule has 0 saturated carbocycles. The van der Waals surface area contributed by atoms with Crippen LogP contribution in [0.25, 0.3) is 0 Å². The molecule has 0 spiro atoms. The summed E-state index contributed by atoms with van der Waals surface area (Å²) in [6.07, 6.45) is 1.04. The first kappa shape index (κ1) is 11.5. The maximum absolute atomic E-state index is 11.9. The van der Waals surface area contributed by atoms with Gasteiger partial charge in [-0.15, -0.1) is 0 Å². The lowest BCUT2D eigenvalue weighted by Crippen LogP contribution is -2.46. The van der Waals surface area contributed by atoms with E-state index in [4.69, 9.17) is 5.73 Å². The van der Waals surface area contributed by atoms with Crippen LogP contribution < -0.4 is 5.73 Å². The molecule has 0 bridgehead atoms. The summed E-state index contributed by atoms with van der Waals surface area (Å²) in [6, 6.07) is 0.0609. The molecule has 1 saturated heterocycles. The third-order valence-electron chi connectivity index (χ3n) is 2.78. The summed E-state index contributed by atoms with van der Waals surface area (Å²) in [6.45, 7) is 6.41. The molecule has 1 heterocycles. The van der Waals surface area contributed by atoms with Crippen LogP contribution in [0.3, 0.4) is 0 Å². The molecule has 0 radical (unpaired) electrons. The molecule has 1 rings (SSSR count). The van der Waals surface area contributed by atoms with Crippen molar-refractivity contribution in [3.8, 4) is 0 Å². The van der Waals surface area contributed by atoms with Gasteiger partial charge in [-0.2, -0.15) is 0 Å². The lowest BCUT2D eigenvalue weighted by atomic mass is 10.2. The van der Waals surface area contributed by atoms with Crippen LogP contribution in [-0.2, 0) is 4.79 Å². The molecule has 1 aliphatic rings. The number of likely N-dealkylation sites (N-methyl/N-ethyl adjacent to an activating group) is 1. The second-order valence-corrected chi connectivity index (χ2v) is 4.27. The standard InChI is InChI=1S/C10H21N3O/c1-8(11)7-13-6-4-5-12(3)9(2)10(13)14/h8-9H,4-7,11H2,1-3H3. The maximum atomic E-state index is 11.9. The quantitative estimate of drug-likeness (QED) is 0.675. The Labute approximate surface area is 86.0 Å². The molecule has 0 aromatic carbocycles. The Balaban J connectivity index is 2.63. The topological polar surface area (TPSA) is 49.6 Å². The minimum atomic E-state index is -0.00347. The third kappa shape index (κ3) is 2.69. The number of carbonyl (C=O) groups is 1. The fourth-order valence-electron chi connectivity index (χ4n) is 1.80. The van der Waals surface area contributed by atoms with Gasteiger partial charge in [0.2, 0.25) is 5.91 Å². The van der Waals surface area contributed by atoms with E-state index in [9.17, 15) is 4.79 Å². The number of rotatable bonds is 2. The van der Waals surface area contributed by atoms with E-state index in [-0.39, 0.29) is 18.0 Å². The summed E-state index contributed by atoms with van der Waals surface area (Å²) in [5, 5.41) is 0. The summed E-state index contributed by atoms with van der Waals surface area (Å²) < 4.78 is 0. The molecule has 0 aromatic heterocycles. The zero-order valence-corrected chi connectivity index (χ0v) is 9.36. The highest BCUT2D eigenvalue weighted by molar-refractivity contribution is 5.81. The van der Waals surface area contributed by atoms with Crippen molar-refractivity contribution >= 4 is 5.91 Å². The van der Waals surface area contributed by atoms with Gasteiger partial charge in [0, 0.05) is 25.7 Å². The second-order valence-electron chi connectivity index (χ2n) is 4.27. The normalized spacial score (nSPS) is 27.6. The van der Waals surface area contributed by atoms with Gasteiger partial charge >= 0.3 is 0 Å². The van der Waals surface area contributed by atoms with Crippen LogP contribution >= 0.6 is 0 Å². The largest absolute Gasteiger partial charge is 0.340 e. The van der Waals surface area contributed by atoms with Crippen molar-refractivity contribution < 1.29 is 4.79 Å². The lowest BCUT2D eigenvalue weighted by Gasteiger charge is -2.26. The number of hydrogen-bond acceptors (Lipinski definition) is 3. The first-order valence-electron chi connectivity index (χ1n) is 5.27. The SMILES string of the molecule is CC(N)CN1CCCN(C)C(C)C1=O. The summed E-state index contributed by atoms with van der Waals surface area (Å²) in [5.41, 5.74) is 5.71. The summed E-state index contributed by atoms with van der Waals surface area (Å²) >= 11 is 0. The van der Waals surface area contributed by atoms with Crippen molar-refractivity contribution in [2.24, 2.45) is 5.73 Å². The van der Waals surface area contributed by atoms with Crippen LogP contribution in [0.15, 0.2) is 0 Å².